The SMILES string of the molecule is COCCCNC(=O)c1cnc(Nc2ccc(C)c(C)c2)cn1. The Hall–Kier alpha value is -2.47. The van der Waals surface area contributed by atoms with Gasteiger partial charge in [0.15, 0.2) is 0 Å². The number of nitrogens with one attached hydrogen (secondary N) is 2. The molecule has 6 heteroatoms. The summed E-state index contributed by atoms with van der Waals surface area (Å²) >= 11 is 0. The van der Waals surface area contributed by atoms with E-state index in [2.05, 4.69) is 34.4 Å². The van der Waals surface area contributed by atoms with Gasteiger partial charge in [-0.2, -0.15) is 0 Å². The van der Waals surface area contributed by atoms with E-state index in [1.807, 2.05) is 18.2 Å². The molecule has 1 heterocycles. The monoisotopic (exact) mass is 314 g/mol. The minimum Gasteiger partial charge on any atom is -0.385 e. The molecular formula is C17H22N4O2. The lowest BCUT2D eigenvalue weighted by Crippen LogP contribution is -2.26. The molecule has 1 aromatic heterocycles. The van der Waals surface area contributed by atoms with Crippen LogP contribution >= 0.6 is 0 Å². The van der Waals surface area contributed by atoms with Crippen molar-refractivity contribution < 1.29 is 9.53 Å². The summed E-state index contributed by atoms with van der Waals surface area (Å²) in [6, 6.07) is 6.08. The summed E-state index contributed by atoms with van der Waals surface area (Å²) in [4.78, 5) is 20.3. The summed E-state index contributed by atoms with van der Waals surface area (Å²) in [7, 11) is 1.63. The Labute approximate surface area is 136 Å². The van der Waals surface area contributed by atoms with Gasteiger partial charge in [-0.15, -0.1) is 0 Å². The highest BCUT2D eigenvalue weighted by molar-refractivity contribution is 5.92. The second-order valence-electron chi connectivity index (χ2n) is 5.31. The number of amides is 1. The first-order valence-electron chi connectivity index (χ1n) is 7.53. The molecule has 0 saturated heterocycles. The van der Waals surface area contributed by atoms with Gasteiger partial charge in [0.2, 0.25) is 0 Å². The van der Waals surface area contributed by atoms with Gasteiger partial charge in [-0.1, -0.05) is 6.07 Å². The third-order valence-electron chi connectivity index (χ3n) is 3.47. The molecule has 0 radical (unpaired) electrons. The smallest absolute Gasteiger partial charge is 0.271 e. The van der Waals surface area contributed by atoms with Crippen molar-refractivity contribution in [1.82, 2.24) is 15.3 Å². The predicted molar refractivity (Wildman–Crippen MR) is 90.1 cm³/mol. The first-order chi connectivity index (χ1) is 11.1. The molecule has 0 fully saturated rings. The van der Waals surface area contributed by atoms with Crippen LogP contribution in [-0.2, 0) is 4.74 Å². The first-order valence-corrected chi connectivity index (χ1v) is 7.53. The maximum Gasteiger partial charge on any atom is 0.271 e. The maximum absolute atomic E-state index is 11.9. The van der Waals surface area contributed by atoms with Crippen LogP contribution in [0, 0.1) is 13.8 Å². The second-order valence-corrected chi connectivity index (χ2v) is 5.31. The van der Waals surface area contributed by atoms with Crippen LogP contribution in [0.4, 0.5) is 11.5 Å². The summed E-state index contributed by atoms with van der Waals surface area (Å²) in [5, 5.41) is 5.95. The van der Waals surface area contributed by atoms with Crippen LogP contribution in [0.2, 0.25) is 0 Å². The Bertz CT molecular complexity index is 656. The number of anilines is 2. The van der Waals surface area contributed by atoms with Crippen molar-refractivity contribution in [3.05, 3.63) is 47.4 Å². The summed E-state index contributed by atoms with van der Waals surface area (Å²) < 4.78 is 4.93. The Morgan fingerprint density at radius 1 is 1.17 bits per heavy atom. The van der Waals surface area contributed by atoms with Crippen molar-refractivity contribution >= 4 is 17.4 Å². The number of benzene rings is 1. The van der Waals surface area contributed by atoms with E-state index in [0.717, 1.165) is 12.1 Å². The zero-order chi connectivity index (χ0) is 16.7. The molecule has 2 aromatic rings. The minimum atomic E-state index is -0.230. The predicted octanol–water partition coefficient (Wildman–Crippen LogP) is 2.60. The molecule has 2 N–H and O–H groups in total. The van der Waals surface area contributed by atoms with Gasteiger partial charge < -0.3 is 15.4 Å². The summed E-state index contributed by atoms with van der Waals surface area (Å²) in [6.45, 7) is 5.30. The van der Waals surface area contributed by atoms with Gasteiger partial charge >= 0.3 is 0 Å². The molecule has 0 saturated carbocycles. The molecule has 0 aliphatic carbocycles. The lowest BCUT2D eigenvalue weighted by molar-refractivity contribution is 0.0943. The van der Waals surface area contributed by atoms with E-state index in [-0.39, 0.29) is 5.91 Å². The van der Waals surface area contributed by atoms with E-state index in [1.165, 1.54) is 17.3 Å². The van der Waals surface area contributed by atoms with Crippen LogP contribution in [0.1, 0.15) is 28.0 Å². The molecule has 0 aliphatic heterocycles. The van der Waals surface area contributed by atoms with Crippen molar-refractivity contribution in [1.29, 1.82) is 0 Å². The zero-order valence-electron chi connectivity index (χ0n) is 13.7. The molecule has 122 valence electrons. The average Bonchev–Trinajstić information content (AvgIpc) is 2.55. The summed E-state index contributed by atoms with van der Waals surface area (Å²) in [5.74, 6) is 0.371. The lowest BCUT2D eigenvalue weighted by atomic mass is 10.1. The largest absolute Gasteiger partial charge is 0.385 e. The molecule has 0 spiro atoms. The van der Waals surface area contributed by atoms with Crippen LogP contribution in [-0.4, -0.2) is 36.1 Å². The number of aryl methyl sites for hydroxylation is 2. The quantitative estimate of drug-likeness (QED) is 0.768. The van der Waals surface area contributed by atoms with Crippen LogP contribution in [0.25, 0.3) is 0 Å². The van der Waals surface area contributed by atoms with E-state index in [4.69, 9.17) is 4.74 Å². The van der Waals surface area contributed by atoms with Crippen molar-refractivity contribution in [2.75, 3.05) is 25.6 Å². The van der Waals surface area contributed by atoms with Crippen molar-refractivity contribution in [2.45, 2.75) is 20.3 Å². The first kappa shape index (κ1) is 16.9. The molecule has 0 atom stereocenters. The van der Waals surface area contributed by atoms with E-state index >= 15 is 0 Å². The minimum absolute atomic E-state index is 0.230. The molecule has 0 bridgehead atoms. The third kappa shape index (κ3) is 5.03. The standard InChI is InChI=1S/C17H22N4O2/c1-12-5-6-14(9-13(12)2)21-16-11-19-15(10-20-16)17(22)18-7-4-8-23-3/h5-6,9-11H,4,7-8H2,1-3H3,(H,18,22)(H,20,21). The Balaban J connectivity index is 1.93. The molecule has 2 rings (SSSR count). The number of aromatic nitrogens is 2. The van der Waals surface area contributed by atoms with E-state index in [1.54, 1.807) is 13.3 Å². The van der Waals surface area contributed by atoms with Gasteiger partial charge in [0.1, 0.15) is 11.5 Å². The van der Waals surface area contributed by atoms with Gasteiger partial charge in [0, 0.05) is 25.9 Å². The average molecular weight is 314 g/mol. The van der Waals surface area contributed by atoms with Crippen molar-refractivity contribution in [3.8, 4) is 0 Å². The van der Waals surface area contributed by atoms with Gasteiger partial charge in [-0.05, 0) is 43.5 Å². The number of nitrogens with zero attached hydrogens (tertiary/aromatic N) is 2. The molecule has 6 nitrogen and oxygen atoms in total. The van der Waals surface area contributed by atoms with Crippen LogP contribution < -0.4 is 10.6 Å². The fourth-order valence-corrected chi connectivity index (χ4v) is 1.99. The number of ether oxygens (including phenoxy) is 1. The number of hydrogen-bond acceptors (Lipinski definition) is 5. The second kappa shape index (κ2) is 8.24. The summed E-state index contributed by atoms with van der Waals surface area (Å²) in [6.07, 6.45) is 3.79. The highest BCUT2D eigenvalue weighted by Crippen LogP contribution is 2.17. The number of carbonyl (C=O) groups is 1. The van der Waals surface area contributed by atoms with Gasteiger partial charge in [-0.25, -0.2) is 9.97 Å². The maximum atomic E-state index is 11.9. The Kier molecular flexibility index (Phi) is 6.05. The third-order valence-corrected chi connectivity index (χ3v) is 3.47. The van der Waals surface area contributed by atoms with Crippen LogP contribution in [0.15, 0.2) is 30.6 Å². The van der Waals surface area contributed by atoms with Crippen LogP contribution in [0.5, 0.6) is 0 Å². The molecule has 1 amide bonds. The van der Waals surface area contributed by atoms with E-state index in [9.17, 15) is 4.79 Å². The lowest BCUT2D eigenvalue weighted by Gasteiger charge is -2.08. The van der Waals surface area contributed by atoms with Gasteiger partial charge in [0.05, 0.1) is 12.4 Å². The Morgan fingerprint density at radius 3 is 2.65 bits per heavy atom. The van der Waals surface area contributed by atoms with Crippen molar-refractivity contribution in [3.63, 3.8) is 0 Å². The highest BCUT2D eigenvalue weighted by atomic mass is 16.5. The Morgan fingerprint density at radius 2 is 2.00 bits per heavy atom. The number of rotatable bonds is 7. The molecule has 23 heavy (non-hydrogen) atoms. The highest BCUT2D eigenvalue weighted by Gasteiger charge is 2.07. The van der Waals surface area contributed by atoms with Gasteiger partial charge in [-0.3, -0.25) is 4.79 Å². The zero-order valence-corrected chi connectivity index (χ0v) is 13.7. The summed E-state index contributed by atoms with van der Waals surface area (Å²) in [5.41, 5.74) is 3.68. The van der Waals surface area contributed by atoms with E-state index < -0.39 is 0 Å². The number of carbonyl (C=O) groups excluding carboxylic acids is 1. The van der Waals surface area contributed by atoms with Crippen molar-refractivity contribution in [2.24, 2.45) is 0 Å². The van der Waals surface area contributed by atoms with E-state index in [0.29, 0.717) is 24.7 Å². The molecule has 1 aromatic carbocycles. The molecule has 0 unspecified atom stereocenters. The number of hydrogen-bond donors (Lipinski definition) is 2. The molecular weight excluding hydrogens is 292 g/mol. The molecule has 0 aliphatic rings. The fourth-order valence-electron chi connectivity index (χ4n) is 1.99. The normalized spacial score (nSPS) is 10.4. The van der Waals surface area contributed by atoms with Gasteiger partial charge in [0.25, 0.3) is 5.91 Å². The van der Waals surface area contributed by atoms with Crippen LogP contribution in [0.3, 0.4) is 0 Å². The number of methoxy groups -OCH3 is 1. The fraction of sp³-hybridized carbons (Fsp3) is 0.353. The topological polar surface area (TPSA) is 76.1 Å².